The second-order valence-electron chi connectivity index (χ2n) is 3.26. The third kappa shape index (κ3) is 1.64. The van der Waals surface area contributed by atoms with Gasteiger partial charge in [0.15, 0.2) is 0 Å². The third-order valence-electron chi connectivity index (χ3n) is 2.27. The van der Waals surface area contributed by atoms with E-state index in [0.29, 0.717) is 0 Å². The molecule has 0 saturated heterocycles. The van der Waals surface area contributed by atoms with Crippen LogP contribution in [0.3, 0.4) is 0 Å². The highest BCUT2D eigenvalue weighted by molar-refractivity contribution is 5.14. The molecule has 2 aromatic rings. The minimum atomic E-state index is 0.783. The standard InChI is InChI=1S/C10H12N4/c1-8-12-13-10(14(8)2)6-9-4-3-5-11-7-9/h3-5,7H,6H2,1-2H3. The maximum atomic E-state index is 4.10. The van der Waals surface area contributed by atoms with E-state index in [-0.39, 0.29) is 0 Å². The van der Waals surface area contributed by atoms with Crippen molar-refractivity contribution >= 4 is 0 Å². The van der Waals surface area contributed by atoms with Crippen LogP contribution in [0.1, 0.15) is 17.2 Å². The molecule has 0 aliphatic carbocycles. The summed E-state index contributed by atoms with van der Waals surface area (Å²) < 4.78 is 1.99. The van der Waals surface area contributed by atoms with Gasteiger partial charge in [-0.3, -0.25) is 4.98 Å². The Morgan fingerprint density at radius 3 is 2.79 bits per heavy atom. The Hall–Kier alpha value is -1.71. The van der Waals surface area contributed by atoms with E-state index < -0.39 is 0 Å². The lowest BCUT2D eigenvalue weighted by atomic mass is 10.2. The molecule has 0 amide bonds. The van der Waals surface area contributed by atoms with Gasteiger partial charge in [-0.2, -0.15) is 0 Å². The zero-order valence-electron chi connectivity index (χ0n) is 8.31. The van der Waals surface area contributed by atoms with Gasteiger partial charge in [0, 0.05) is 25.9 Å². The Bertz CT molecular complexity index is 419. The number of aromatic nitrogens is 4. The quantitative estimate of drug-likeness (QED) is 0.709. The molecular formula is C10H12N4. The first kappa shape index (κ1) is 8.87. The predicted molar refractivity (Wildman–Crippen MR) is 52.8 cm³/mol. The molecule has 0 fully saturated rings. The summed E-state index contributed by atoms with van der Waals surface area (Å²) in [5.74, 6) is 1.90. The molecule has 0 saturated carbocycles. The minimum Gasteiger partial charge on any atom is -0.318 e. The lowest BCUT2D eigenvalue weighted by Crippen LogP contribution is -2.00. The van der Waals surface area contributed by atoms with Crippen LogP contribution in [-0.2, 0) is 13.5 Å². The van der Waals surface area contributed by atoms with Crippen LogP contribution in [0.15, 0.2) is 24.5 Å². The molecule has 2 aromatic heterocycles. The maximum Gasteiger partial charge on any atom is 0.137 e. The zero-order chi connectivity index (χ0) is 9.97. The van der Waals surface area contributed by atoms with Gasteiger partial charge in [-0.25, -0.2) is 0 Å². The van der Waals surface area contributed by atoms with Gasteiger partial charge in [-0.05, 0) is 18.6 Å². The van der Waals surface area contributed by atoms with Gasteiger partial charge >= 0.3 is 0 Å². The normalized spacial score (nSPS) is 10.4. The fourth-order valence-electron chi connectivity index (χ4n) is 1.29. The Morgan fingerprint density at radius 2 is 2.21 bits per heavy atom. The first-order valence-electron chi connectivity index (χ1n) is 4.51. The monoisotopic (exact) mass is 188 g/mol. The smallest absolute Gasteiger partial charge is 0.137 e. The number of aryl methyl sites for hydroxylation is 1. The highest BCUT2D eigenvalue weighted by Crippen LogP contribution is 2.05. The summed E-state index contributed by atoms with van der Waals surface area (Å²) in [5.41, 5.74) is 1.16. The largest absolute Gasteiger partial charge is 0.318 e. The third-order valence-corrected chi connectivity index (χ3v) is 2.27. The van der Waals surface area contributed by atoms with Crippen molar-refractivity contribution in [3.05, 3.63) is 41.7 Å². The van der Waals surface area contributed by atoms with E-state index in [0.717, 1.165) is 23.6 Å². The molecule has 2 heterocycles. The van der Waals surface area contributed by atoms with Gasteiger partial charge in [-0.1, -0.05) is 6.07 Å². The van der Waals surface area contributed by atoms with Gasteiger partial charge in [0.25, 0.3) is 0 Å². The van der Waals surface area contributed by atoms with Gasteiger partial charge in [0.1, 0.15) is 11.6 Å². The summed E-state index contributed by atoms with van der Waals surface area (Å²) in [4.78, 5) is 4.06. The number of rotatable bonds is 2. The summed E-state index contributed by atoms with van der Waals surface area (Å²) >= 11 is 0. The average Bonchev–Trinajstić information content (AvgIpc) is 2.52. The van der Waals surface area contributed by atoms with Crippen molar-refractivity contribution in [3.63, 3.8) is 0 Å². The van der Waals surface area contributed by atoms with Crippen molar-refractivity contribution in [2.24, 2.45) is 7.05 Å². The number of hydrogen-bond acceptors (Lipinski definition) is 3. The molecule has 72 valence electrons. The lowest BCUT2D eigenvalue weighted by Gasteiger charge is -2.00. The minimum absolute atomic E-state index is 0.783. The Balaban J connectivity index is 2.23. The van der Waals surface area contributed by atoms with Crippen molar-refractivity contribution in [2.45, 2.75) is 13.3 Å². The molecule has 0 radical (unpaired) electrons. The second kappa shape index (κ2) is 3.57. The lowest BCUT2D eigenvalue weighted by molar-refractivity contribution is 0.795. The molecule has 2 rings (SSSR count). The molecule has 0 spiro atoms. The first-order chi connectivity index (χ1) is 6.77. The number of pyridine rings is 1. The fourth-order valence-corrected chi connectivity index (χ4v) is 1.29. The molecule has 0 N–H and O–H groups in total. The Labute approximate surface area is 82.6 Å². The predicted octanol–water partition coefficient (Wildman–Crippen LogP) is 1.11. The highest BCUT2D eigenvalue weighted by atomic mass is 15.3. The average molecular weight is 188 g/mol. The summed E-state index contributed by atoms with van der Waals surface area (Å²) in [6.45, 7) is 1.94. The van der Waals surface area contributed by atoms with E-state index >= 15 is 0 Å². The Morgan fingerprint density at radius 1 is 1.36 bits per heavy atom. The van der Waals surface area contributed by atoms with Crippen molar-refractivity contribution in [1.29, 1.82) is 0 Å². The van der Waals surface area contributed by atoms with E-state index in [1.165, 1.54) is 0 Å². The molecule has 14 heavy (non-hydrogen) atoms. The van der Waals surface area contributed by atoms with Gasteiger partial charge in [0.2, 0.25) is 0 Å². The summed E-state index contributed by atoms with van der Waals surface area (Å²) in [6.07, 6.45) is 4.40. The van der Waals surface area contributed by atoms with E-state index in [9.17, 15) is 0 Å². The van der Waals surface area contributed by atoms with E-state index in [1.54, 1.807) is 6.20 Å². The van der Waals surface area contributed by atoms with Crippen LogP contribution < -0.4 is 0 Å². The van der Waals surface area contributed by atoms with Crippen LogP contribution in [0, 0.1) is 6.92 Å². The van der Waals surface area contributed by atoms with Crippen LogP contribution >= 0.6 is 0 Å². The van der Waals surface area contributed by atoms with Crippen LogP contribution in [0.4, 0.5) is 0 Å². The molecule has 0 aromatic carbocycles. The van der Waals surface area contributed by atoms with Gasteiger partial charge < -0.3 is 4.57 Å². The van der Waals surface area contributed by atoms with E-state index in [4.69, 9.17) is 0 Å². The van der Waals surface area contributed by atoms with Crippen LogP contribution in [-0.4, -0.2) is 19.7 Å². The Kier molecular flexibility index (Phi) is 2.26. The molecule has 0 aliphatic rings. The fraction of sp³-hybridized carbons (Fsp3) is 0.300. The maximum absolute atomic E-state index is 4.10. The number of hydrogen-bond donors (Lipinski definition) is 0. The highest BCUT2D eigenvalue weighted by Gasteiger charge is 2.04. The van der Waals surface area contributed by atoms with Crippen LogP contribution in [0.25, 0.3) is 0 Å². The zero-order valence-corrected chi connectivity index (χ0v) is 8.31. The summed E-state index contributed by atoms with van der Waals surface area (Å²) in [7, 11) is 1.97. The van der Waals surface area contributed by atoms with E-state index in [2.05, 4.69) is 15.2 Å². The molecule has 0 atom stereocenters. The van der Waals surface area contributed by atoms with Crippen molar-refractivity contribution in [2.75, 3.05) is 0 Å². The van der Waals surface area contributed by atoms with Crippen molar-refractivity contribution in [1.82, 2.24) is 19.7 Å². The van der Waals surface area contributed by atoms with Crippen LogP contribution in [0.5, 0.6) is 0 Å². The number of nitrogens with zero attached hydrogens (tertiary/aromatic N) is 4. The van der Waals surface area contributed by atoms with Crippen LogP contribution in [0.2, 0.25) is 0 Å². The van der Waals surface area contributed by atoms with Gasteiger partial charge in [-0.15, -0.1) is 10.2 Å². The molecule has 4 nitrogen and oxygen atoms in total. The van der Waals surface area contributed by atoms with Crippen molar-refractivity contribution < 1.29 is 0 Å². The molecular weight excluding hydrogens is 176 g/mol. The SMILES string of the molecule is Cc1nnc(Cc2cccnc2)n1C. The van der Waals surface area contributed by atoms with E-state index in [1.807, 2.05) is 36.9 Å². The molecule has 0 bridgehead atoms. The van der Waals surface area contributed by atoms with Gasteiger partial charge in [0.05, 0.1) is 0 Å². The molecule has 4 heteroatoms. The summed E-state index contributed by atoms with van der Waals surface area (Å²) in [6, 6.07) is 3.97. The van der Waals surface area contributed by atoms with Crippen molar-refractivity contribution in [3.8, 4) is 0 Å². The second-order valence-corrected chi connectivity index (χ2v) is 3.26. The molecule has 0 unspecified atom stereocenters. The molecule has 0 aliphatic heterocycles. The summed E-state index contributed by atoms with van der Waals surface area (Å²) in [5, 5.41) is 8.10. The first-order valence-corrected chi connectivity index (χ1v) is 4.51. The topological polar surface area (TPSA) is 43.6 Å².